The first-order chi connectivity index (χ1) is 13.7. The summed E-state index contributed by atoms with van der Waals surface area (Å²) in [6.07, 6.45) is 0.969. The zero-order chi connectivity index (χ0) is 19.3. The van der Waals surface area contributed by atoms with Gasteiger partial charge in [-0.3, -0.25) is 4.79 Å². The number of benzene rings is 1. The summed E-state index contributed by atoms with van der Waals surface area (Å²) in [7, 11) is 2.17. The van der Waals surface area contributed by atoms with Crippen molar-refractivity contribution >= 4 is 28.1 Å². The highest BCUT2D eigenvalue weighted by Gasteiger charge is 2.15. The zero-order valence-corrected chi connectivity index (χ0v) is 17.0. The van der Waals surface area contributed by atoms with Crippen LogP contribution in [-0.2, 0) is 0 Å². The molecule has 1 saturated heterocycles. The van der Waals surface area contributed by atoms with E-state index in [0.717, 1.165) is 60.6 Å². The number of amides is 1. The van der Waals surface area contributed by atoms with E-state index in [4.69, 9.17) is 4.98 Å². The quantitative estimate of drug-likeness (QED) is 0.652. The number of nitrogens with zero attached hydrogens (tertiary/aromatic N) is 3. The van der Waals surface area contributed by atoms with Crippen molar-refractivity contribution in [3.8, 4) is 10.6 Å². The van der Waals surface area contributed by atoms with Crippen LogP contribution in [0.25, 0.3) is 21.5 Å². The van der Waals surface area contributed by atoms with Gasteiger partial charge >= 0.3 is 0 Å². The van der Waals surface area contributed by atoms with Crippen molar-refractivity contribution in [3.05, 3.63) is 53.4 Å². The lowest BCUT2D eigenvalue weighted by molar-refractivity contribution is 0.0951. The molecular weight excluding hydrogens is 368 g/mol. The second-order valence-electron chi connectivity index (χ2n) is 7.30. The average molecular weight is 395 g/mol. The summed E-state index contributed by atoms with van der Waals surface area (Å²) < 4.78 is 0. The topological polar surface area (TPSA) is 48.5 Å². The molecule has 1 amide bonds. The molecule has 0 spiro atoms. The number of carbonyl (C=O) groups excluding carboxylic acids is 1. The normalized spacial score (nSPS) is 15.8. The number of rotatable bonds is 6. The number of carbonyl (C=O) groups is 1. The van der Waals surface area contributed by atoms with Crippen LogP contribution in [0.15, 0.2) is 47.8 Å². The van der Waals surface area contributed by atoms with E-state index >= 15 is 0 Å². The fourth-order valence-corrected chi connectivity index (χ4v) is 4.27. The maximum absolute atomic E-state index is 12.9. The Labute approximate surface area is 170 Å². The molecule has 4 rings (SSSR count). The van der Waals surface area contributed by atoms with Crippen LogP contribution in [0.3, 0.4) is 0 Å². The average Bonchev–Trinajstić information content (AvgIpc) is 3.26. The van der Waals surface area contributed by atoms with Crippen molar-refractivity contribution in [1.29, 1.82) is 0 Å². The minimum absolute atomic E-state index is 0.0187. The fourth-order valence-electron chi connectivity index (χ4n) is 3.59. The summed E-state index contributed by atoms with van der Waals surface area (Å²) in [6.45, 7) is 6.21. The van der Waals surface area contributed by atoms with Crippen molar-refractivity contribution < 1.29 is 4.79 Å². The Morgan fingerprint density at radius 3 is 2.75 bits per heavy atom. The van der Waals surface area contributed by atoms with Crippen molar-refractivity contribution in [3.63, 3.8) is 0 Å². The predicted octanol–water partition coefficient (Wildman–Crippen LogP) is 3.33. The molecule has 2 aromatic heterocycles. The van der Waals surface area contributed by atoms with Gasteiger partial charge in [-0.2, -0.15) is 0 Å². The molecule has 1 aliphatic heterocycles. The van der Waals surface area contributed by atoms with Crippen molar-refractivity contribution in [2.45, 2.75) is 6.42 Å². The van der Waals surface area contributed by atoms with Crippen LogP contribution in [0.5, 0.6) is 0 Å². The van der Waals surface area contributed by atoms with Gasteiger partial charge in [0.25, 0.3) is 5.91 Å². The molecule has 0 unspecified atom stereocenters. The Hall–Kier alpha value is -2.28. The number of hydrogen-bond donors (Lipinski definition) is 1. The number of thiophene rings is 1. The van der Waals surface area contributed by atoms with Crippen LogP contribution in [0.1, 0.15) is 16.8 Å². The molecule has 1 aromatic carbocycles. The van der Waals surface area contributed by atoms with Crippen LogP contribution >= 0.6 is 11.3 Å². The van der Waals surface area contributed by atoms with Gasteiger partial charge in [-0.1, -0.05) is 24.3 Å². The van der Waals surface area contributed by atoms with E-state index in [1.54, 1.807) is 11.3 Å². The molecule has 6 heteroatoms. The summed E-state index contributed by atoms with van der Waals surface area (Å²) in [5.74, 6) is -0.0187. The molecule has 0 radical (unpaired) electrons. The van der Waals surface area contributed by atoms with Gasteiger partial charge in [0.05, 0.1) is 21.7 Å². The SMILES string of the molecule is CN1CCN(CCCNC(=O)c2cc(-c3cccs3)nc3ccccc23)CC1. The largest absolute Gasteiger partial charge is 0.352 e. The van der Waals surface area contributed by atoms with Gasteiger partial charge in [0.1, 0.15) is 0 Å². The van der Waals surface area contributed by atoms with Gasteiger partial charge < -0.3 is 15.1 Å². The summed E-state index contributed by atoms with van der Waals surface area (Å²) in [5, 5.41) is 6.05. The van der Waals surface area contributed by atoms with Crippen LogP contribution in [0.4, 0.5) is 0 Å². The number of likely N-dealkylation sites (N-methyl/N-ethyl adjacent to an activating group) is 1. The number of nitrogens with one attached hydrogen (secondary N) is 1. The third-order valence-corrected chi connectivity index (χ3v) is 6.16. The first-order valence-corrected chi connectivity index (χ1v) is 10.7. The van der Waals surface area contributed by atoms with E-state index < -0.39 is 0 Å². The maximum atomic E-state index is 12.9. The van der Waals surface area contributed by atoms with E-state index in [2.05, 4.69) is 22.2 Å². The molecule has 1 aliphatic rings. The van der Waals surface area contributed by atoms with Crippen LogP contribution < -0.4 is 5.32 Å². The first-order valence-electron chi connectivity index (χ1n) is 9.83. The van der Waals surface area contributed by atoms with Crippen LogP contribution in [-0.4, -0.2) is 67.0 Å². The van der Waals surface area contributed by atoms with Gasteiger partial charge in [0.2, 0.25) is 0 Å². The monoisotopic (exact) mass is 394 g/mol. The highest BCUT2D eigenvalue weighted by atomic mass is 32.1. The molecule has 28 heavy (non-hydrogen) atoms. The number of pyridine rings is 1. The molecule has 0 aliphatic carbocycles. The molecule has 146 valence electrons. The van der Waals surface area contributed by atoms with E-state index in [-0.39, 0.29) is 5.91 Å². The van der Waals surface area contributed by atoms with Gasteiger partial charge in [-0.15, -0.1) is 11.3 Å². The predicted molar refractivity (Wildman–Crippen MR) is 116 cm³/mol. The number of fused-ring (bicyclic) bond motifs is 1. The minimum atomic E-state index is -0.0187. The molecule has 1 fully saturated rings. The molecule has 0 bridgehead atoms. The highest BCUT2D eigenvalue weighted by molar-refractivity contribution is 7.13. The maximum Gasteiger partial charge on any atom is 0.252 e. The highest BCUT2D eigenvalue weighted by Crippen LogP contribution is 2.27. The minimum Gasteiger partial charge on any atom is -0.352 e. The van der Waals surface area contributed by atoms with Gasteiger partial charge in [0, 0.05) is 38.1 Å². The Bertz CT molecular complexity index is 933. The van der Waals surface area contributed by atoms with Crippen LogP contribution in [0.2, 0.25) is 0 Å². The second-order valence-corrected chi connectivity index (χ2v) is 8.25. The third kappa shape index (κ3) is 4.41. The fraction of sp³-hybridized carbons (Fsp3) is 0.364. The van der Waals surface area contributed by atoms with E-state index in [9.17, 15) is 4.79 Å². The Morgan fingerprint density at radius 2 is 1.96 bits per heavy atom. The zero-order valence-electron chi connectivity index (χ0n) is 16.2. The number of aromatic nitrogens is 1. The molecule has 5 nitrogen and oxygen atoms in total. The van der Waals surface area contributed by atoms with E-state index in [1.807, 2.05) is 47.8 Å². The molecular formula is C22H26N4OS. The molecule has 1 N–H and O–H groups in total. The number of piperazine rings is 1. The third-order valence-electron chi connectivity index (χ3n) is 5.27. The van der Waals surface area contributed by atoms with Crippen molar-refractivity contribution in [1.82, 2.24) is 20.1 Å². The molecule has 3 aromatic rings. The Kier molecular flexibility index (Phi) is 6.00. The van der Waals surface area contributed by atoms with E-state index in [0.29, 0.717) is 12.1 Å². The Morgan fingerprint density at radius 1 is 1.14 bits per heavy atom. The lowest BCUT2D eigenvalue weighted by Gasteiger charge is -2.32. The second kappa shape index (κ2) is 8.82. The summed E-state index contributed by atoms with van der Waals surface area (Å²) in [5.41, 5.74) is 2.42. The van der Waals surface area contributed by atoms with Gasteiger partial charge in [-0.25, -0.2) is 4.98 Å². The molecule has 3 heterocycles. The lowest BCUT2D eigenvalue weighted by Crippen LogP contribution is -2.45. The van der Waals surface area contributed by atoms with Crippen molar-refractivity contribution in [2.75, 3.05) is 46.3 Å². The Balaban J connectivity index is 1.43. The summed E-state index contributed by atoms with van der Waals surface area (Å²) in [4.78, 5) is 23.6. The number of hydrogen-bond acceptors (Lipinski definition) is 5. The smallest absolute Gasteiger partial charge is 0.252 e. The summed E-state index contributed by atoms with van der Waals surface area (Å²) >= 11 is 1.64. The molecule has 0 saturated carbocycles. The number of para-hydroxylation sites is 1. The van der Waals surface area contributed by atoms with E-state index in [1.165, 1.54) is 0 Å². The van der Waals surface area contributed by atoms with Crippen molar-refractivity contribution in [2.24, 2.45) is 0 Å². The summed E-state index contributed by atoms with van der Waals surface area (Å²) in [6, 6.07) is 13.8. The lowest BCUT2D eigenvalue weighted by atomic mass is 10.1. The van der Waals surface area contributed by atoms with Gasteiger partial charge in [0.15, 0.2) is 0 Å². The molecule has 0 atom stereocenters. The first kappa shape index (κ1) is 19.1. The standard InChI is InChI=1S/C22H26N4OS/c1-25-11-13-26(14-12-25)10-5-9-23-22(27)18-16-20(21-8-4-15-28-21)24-19-7-3-2-6-17(18)19/h2-4,6-8,15-16H,5,9-14H2,1H3,(H,23,27). The van der Waals surface area contributed by atoms with Gasteiger partial charge in [-0.05, 0) is 43.6 Å². The van der Waals surface area contributed by atoms with Crippen LogP contribution in [0, 0.1) is 0 Å².